The Morgan fingerprint density at radius 2 is 2.00 bits per heavy atom. The molecule has 0 spiro atoms. The van der Waals surface area contributed by atoms with Gasteiger partial charge in [-0.1, -0.05) is 25.5 Å². The van der Waals surface area contributed by atoms with E-state index in [1.807, 2.05) is 0 Å². The fourth-order valence-corrected chi connectivity index (χ4v) is 2.92. The first-order valence-corrected chi connectivity index (χ1v) is 7.16. The molecular weight excluding hydrogens is 268 g/mol. The molecule has 21 heavy (non-hydrogen) atoms. The smallest absolute Gasteiger partial charge is 0.315 e. The lowest BCUT2D eigenvalue weighted by atomic mass is 10.1. The van der Waals surface area contributed by atoms with Gasteiger partial charge in [-0.25, -0.2) is 0 Å². The number of ether oxygens (including phenoxy) is 3. The Hall–Kier alpha value is -1.97. The third kappa shape index (κ3) is 2.50. The highest BCUT2D eigenvalue weighted by Gasteiger charge is 2.61. The van der Waals surface area contributed by atoms with Crippen molar-refractivity contribution in [3.63, 3.8) is 0 Å². The molecule has 2 atom stereocenters. The third-order valence-electron chi connectivity index (χ3n) is 4.24. The molecule has 1 aromatic carbocycles. The van der Waals surface area contributed by atoms with Crippen LogP contribution in [0.25, 0.3) is 0 Å². The lowest BCUT2D eigenvalue weighted by molar-refractivity contribution is -0.136. The highest BCUT2D eigenvalue weighted by atomic mass is 16.7. The van der Waals surface area contributed by atoms with E-state index >= 15 is 0 Å². The van der Waals surface area contributed by atoms with Crippen molar-refractivity contribution in [1.29, 1.82) is 0 Å². The molecule has 4 nitrogen and oxygen atoms in total. The van der Waals surface area contributed by atoms with Gasteiger partial charge in [-0.15, -0.1) is 0 Å². The van der Waals surface area contributed by atoms with E-state index in [-0.39, 0.29) is 30.0 Å². The predicted molar refractivity (Wildman–Crippen MR) is 78.4 cm³/mol. The summed E-state index contributed by atoms with van der Waals surface area (Å²) in [4.78, 5) is 12.4. The zero-order valence-electron chi connectivity index (χ0n) is 12.8. The van der Waals surface area contributed by atoms with Crippen LogP contribution in [0.15, 0.2) is 29.8 Å². The first kappa shape index (κ1) is 14.0. The zero-order valence-corrected chi connectivity index (χ0v) is 12.8. The van der Waals surface area contributed by atoms with Crippen molar-refractivity contribution in [2.75, 3.05) is 6.79 Å². The number of esters is 1. The Morgan fingerprint density at radius 1 is 1.29 bits per heavy atom. The summed E-state index contributed by atoms with van der Waals surface area (Å²) in [5, 5.41) is 0. The SMILES string of the molecule is CC(C)=CC1C(C(=O)Oc2ccc3c(c2)OCO3)C1(C)C. The molecule has 4 heteroatoms. The maximum absolute atomic E-state index is 12.4. The van der Waals surface area contributed by atoms with Crippen LogP contribution in [0.1, 0.15) is 27.7 Å². The lowest BCUT2D eigenvalue weighted by Gasteiger charge is -2.06. The van der Waals surface area contributed by atoms with Gasteiger partial charge in [-0.2, -0.15) is 0 Å². The highest BCUT2D eigenvalue weighted by Crippen LogP contribution is 2.59. The summed E-state index contributed by atoms with van der Waals surface area (Å²) < 4.78 is 16.0. The molecule has 1 aromatic rings. The van der Waals surface area contributed by atoms with E-state index in [1.165, 1.54) is 5.57 Å². The van der Waals surface area contributed by atoms with Crippen molar-refractivity contribution in [3.8, 4) is 17.2 Å². The molecule has 1 saturated carbocycles. The van der Waals surface area contributed by atoms with Gasteiger partial charge >= 0.3 is 5.97 Å². The molecule has 0 radical (unpaired) electrons. The largest absolute Gasteiger partial charge is 0.454 e. The molecule has 1 heterocycles. The van der Waals surface area contributed by atoms with Crippen molar-refractivity contribution >= 4 is 5.97 Å². The highest BCUT2D eigenvalue weighted by molar-refractivity contribution is 5.80. The van der Waals surface area contributed by atoms with Gasteiger partial charge in [0.05, 0.1) is 5.92 Å². The number of hydrogen-bond acceptors (Lipinski definition) is 4. The molecule has 112 valence electrons. The van der Waals surface area contributed by atoms with Gasteiger partial charge in [0.25, 0.3) is 0 Å². The van der Waals surface area contributed by atoms with Crippen molar-refractivity contribution in [2.24, 2.45) is 17.3 Å². The van der Waals surface area contributed by atoms with E-state index in [0.29, 0.717) is 17.2 Å². The van der Waals surface area contributed by atoms with Crippen LogP contribution in [-0.4, -0.2) is 12.8 Å². The number of carbonyl (C=O) groups excluding carboxylic acids is 1. The van der Waals surface area contributed by atoms with Crippen LogP contribution in [0.4, 0.5) is 0 Å². The molecule has 3 rings (SSSR count). The predicted octanol–water partition coefficient (Wildman–Crippen LogP) is 3.56. The molecular formula is C17H20O4. The van der Waals surface area contributed by atoms with E-state index in [9.17, 15) is 4.79 Å². The van der Waals surface area contributed by atoms with Crippen LogP contribution in [0.5, 0.6) is 17.2 Å². The Balaban J connectivity index is 1.71. The molecule has 0 saturated heterocycles. The topological polar surface area (TPSA) is 44.8 Å². The fourth-order valence-electron chi connectivity index (χ4n) is 2.92. The molecule has 0 amide bonds. The number of carbonyl (C=O) groups is 1. The lowest BCUT2D eigenvalue weighted by Crippen LogP contribution is -2.13. The molecule has 0 aromatic heterocycles. The van der Waals surface area contributed by atoms with Gasteiger partial charge in [0.15, 0.2) is 11.5 Å². The van der Waals surface area contributed by atoms with Crippen LogP contribution in [0.3, 0.4) is 0 Å². The minimum atomic E-state index is -0.179. The van der Waals surface area contributed by atoms with Crippen LogP contribution < -0.4 is 14.2 Å². The Bertz CT molecular complexity index is 611. The van der Waals surface area contributed by atoms with Crippen LogP contribution in [0, 0.1) is 17.3 Å². The minimum Gasteiger partial charge on any atom is -0.454 e. The summed E-state index contributed by atoms with van der Waals surface area (Å²) in [7, 11) is 0. The monoisotopic (exact) mass is 288 g/mol. The number of rotatable bonds is 3. The summed E-state index contributed by atoms with van der Waals surface area (Å²) in [5.74, 6) is 1.80. The molecule has 1 aliphatic carbocycles. The first-order chi connectivity index (χ1) is 9.89. The summed E-state index contributed by atoms with van der Waals surface area (Å²) in [6, 6.07) is 5.19. The second kappa shape index (κ2) is 4.79. The van der Waals surface area contributed by atoms with Crippen LogP contribution in [-0.2, 0) is 4.79 Å². The molecule has 1 aliphatic heterocycles. The zero-order chi connectivity index (χ0) is 15.2. The second-order valence-corrected chi connectivity index (χ2v) is 6.51. The van der Waals surface area contributed by atoms with Crippen molar-refractivity contribution in [1.82, 2.24) is 0 Å². The average Bonchev–Trinajstić information content (AvgIpc) is 2.74. The van der Waals surface area contributed by atoms with Crippen molar-refractivity contribution < 1.29 is 19.0 Å². The maximum Gasteiger partial charge on any atom is 0.315 e. The van der Waals surface area contributed by atoms with Gasteiger partial charge in [-0.3, -0.25) is 4.79 Å². The fraction of sp³-hybridized carbons (Fsp3) is 0.471. The summed E-state index contributed by atoms with van der Waals surface area (Å²) in [6.45, 7) is 8.51. The quantitative estimate of drug-likeness (QED) is 0.484. The van der Waals surface area contributed by atoms with E-state index in [2.05, 4.69) is 33.8 Å². The minimum absolute atomic E-state index is 0.0370. The molecule has 0 N–H and O–H groups in total. The van der Waals surface area contributed by atoms with Gasteiger partial charge in [-0.05, 0) is 37.3 Å². The van der Waals surface area contributed by atoms with E-state index in [4.69, 9.17) is 14.2 Å². The maximum atomic E-state index is 12.4. The normalized spacial score (nSPS) is 24.4. The average molecular weight is 288 g/mol. The summed E-state index contributed by atoms with van der Waals surface area (Å²) in [6.07, 6.45) is 2.16. The van der Waals surface area contributed by atoms with Crippen molar-refractivity contribution in [3.05, 3.63) is 29.8 Å². The first-order valence-electron chi connectivity index (χ1n) is 7.16. The van der Waals surface area contributed by atoms with Crippen LogP contribution in [0.2, 0.25) is 0 Å². The third-order valence-corrected chi connectivity index (χ3v) is 4.24. The van der Waals surface area contributed by atoms with Crippen molar-refractivity contribution in [2.45, 2.75) is 27.7 Å². The number of benzene rings is 1. The van der Waals surface area contributed by atoms with Crippen LogP contribution >= 0.6 is 0 Å². The molecule has 2 aliphatic rings. The molecule has 1 fully saturated rings. The Morgan fingerprint density at radius 3 is 2.71 bits per heavy atom. The van der Waals surface area contributed by atoms with E-state index in [0.717, 1.165) is 0 Å². The second-order valence-electron chi connectivity index (χ2n) is 6.51. The number of hydrogen-bond donors (Lipinski definition) is 0. The Kier molecular flexibility index (Phi) is 3.19. The van der Waals surface area contributed by atoms with Gasteiger partial charge in [0.2, 0.25) is 6.79 Å². The molecule has 2 unspecified atom stereocenters. The summed E-state index contributed by atoms with van der Waals surface area (Å²) in [5.41, 5.74) is 1.19. The Labute approximate surface area is 124 Å². The summed E-state index contributed by atoms with van der Waals surface area (Å²) >= 11 is 0. The van der Waals surface area contributed by atoms with E-state index < -0.39 is 0 Å². The standard InChI is InChI=1S/C17H20O4/c1-10(2)7-12-15(17(12,3)4)16(18)21-11-5-6-13-14(8-11)20-9-19-13/h5-8,12,15H,9H2,1-4H3. The number of fused-ring (bicyclic) bond motifs is 1. The number of allylic oxidation sites excluding steroid dienone is 2. The van der Waals surface area contributed by atoms with Gasteiger partial charge < -0.3 is 14.2 Å². The van der Waals surface area contributed by atoms with Gasteiger partial charge in [0.1, 0.15) is 5.75 Å². The van der Waals surface area contributed by atoms with E-state index in [1.54, 1.807) is 18.2 Å². The van der Waals surface area contributed by atoms with Gasteiger partial charge in [0, 0.05) is 6.07 Å². The molecule has 0 bridgehead atoms.